The fraction of sp³-hybridized carbons (Fsp3) is 0.455. The zero-order chi connectivity index (χ0) is 9.26. The van der Waals surface area contributed by atoms with Gasteiger partial charge >= 0.3 is 0 Å². The fourth-order valence-electron chi connectivity index (χ4n) is 1.71. The smallest absolute Gasteiger partial charge is 0.145 e. The van der Waals surface area contributed by atoms with Crippen LogP contribution in [-0.4, -0.2) is 13.2 Å². The fourth-order valence-corrected chi connectivity index (χ4v) is 1.71. The first-order valence-corrected chi connectivity index (χ1v) is 4.81. The molecule has 0 bridgehead atoms. The van der Waals surface area contributed by atoms with E-state index in [2.05, 4.69) is 31.3 Å². The minimum Gasteiger partial charge on any atom is -0.489 e. The van der Waals surface area contributed by atoms with E-state index in [-0.39, 0.29) is 0 Å². The lowest BCUT2D eigenvalue weighted by atomic mass is 10.1. The molecule has 0 saturated heterocycles. The van der Waals surface area contributed by atoms with E-state index in [9.17, 15) is 0 Å². The summed E-state index contributed by atoms with van der Waals surface area (Å²) in [5.41, 5.74) is 3.76. The van der Waals surface area contributed by atoms with Gasteiger partial charge in [0, 0.05) is 6.54 Å². The van der Waals surface area contributed by atoms with Crippen molar-refractivity contribution in [2.24, 2.45) is 0 Å². The van der Waals surface area contributed by atoms with Crippen molar-refractivity contribution in [3.05, 3.63) is 23.3 Å². The van der Waals surface area contributed by atoms with E-state index < -0.39 is 0 Å². The molecule has 2 heteroatoms. The molecule has 1 aromatic rings. The number of rotatable bonds is 1. The largest absolute Gasteiger partial charge is 0.489 e. The lowest BCUT2D eigenvalue weighted by Crippen LogP contribution is -2.18. The van der Waals surface area contributed by atoms with Crippen molar-refractivity contribution in [1.29, 1.82) is 0 Å². The maximum absolute atomic E-state index is 5.59. The van der Waals surface area contributed by atoms with E-state index in [1.165, 1.54) is 11.1 Å². The number of anilines is 1. The number of hydrogen-bond acceptors (Lipinski definition) is 2. The highest BCUT2D eigenvalue weighted by Crippen LogP contribution is 2.32. The van der Waals surface area contributed by atoms with Gasteiger partial charge in [0.1, 0.15) is 12.4 Å². The van der Waals surface area contributed by atoms with Crippen LogP contribution in [0.25, 0.3) is 0 Å². The second kappa shape index (κ2) is 3.29. The Morgan fingerprint density at radius 2 is 2.31 bits per heavy atom. The van der Waals surface area contributed by atoms with Gasteiger partial charge in [0.25, 0.3) is 0 Å². The van der Waals surface area contributed by atoms with Crippen molar-refractivity contribution in [3.8, 4) is 5.75 Å². The second-order valence-corrected chi connectivity index (χ2v) is 3.42. The Balaban J connectivity index is 2.47. The molecule has 1 aromatic carbocycles. The van der Waals surface area contributed by atoms with E-state index in [1.807, 2.05) is 0 Å². The first-order valence-electron chi connectivity index (χ1n) is 4.81. The van der Waals surface area contributed by atoms with Crippen LogP contribution in [0.2, 0.25) is 0 Å². The Morgan fingerprint density at radius 1 is 1.46 bits per heavy atom. The standard InChI is InChI=1S/C11H15NO/c1-3-9-6-8(2)11-10(7-9)12-4-5-13-11/h6-7,12H,3-5H2,1-2H3. The molecule has 0 unspecified atom stereocenters. The summed E-state index contributed by atoms with van der Waals surface area (Å²) >= 11 is 0. The molecule has 0 fully saturated rings. The molecular formula is C11H15NO. The van der Waals surface area contributed by atoms with Crippen LogP contribution < -0.4 is 10.1 Å². The third-order valence-electron chi connectivity index (χ3n) is 2.41. The Hall–Kier alpha value is -1.18. The van der Waals surface area contributed by atoms with Crippen molar-refractivity contribution in [1.82, 2.24) is 0 Å². The van der Waals surface area contributed by atoms with Gasteiger partial charge in [0.15, 0.2) is 0 Å². The average molecular weight is 177 g/mol. The summed E-state index contributed by atoms with van der Waals surface area (Å²) in [6.45, 7) is 5.97. The summed E-state index contributed by atoms with van der Waals surface area (Å²) in [4.78, 5) is 0. The molecule has 0 radical (unpaired) electrons. The second-order valence-electron chi connectivity index (χ2n) is 3.42. The Bertz CT molecular complexity index is 320. The highest BCUT2D eigenvalue weighted by Gasteiger charge is 2.12. The van der Waals surface area contributed by atoms with Gasteiger partial charge in [-0.25, -0.2) is 0 Å². The molecule has 0 atom stereocenters. The summed E-state index contributed by atoms with van der Waals surface area (Å²) in [6, 6.07) is 4.38. The Kier molecular flexibility index (Phi) is 2.13. The molecule has 0 saturated carbocycles. The molecule has 70 valence electrons. The molecule has 2 rings (SSSR count). The molecule has 0 aliphatic carbocycles. The van der Waals surface area contributed by atoms with Crippen molar-refractivity contribution >= 4 is 5.69 Å². The van der Waals surface area contributed by atoms with Crippen LogP contribution in [0, 0.1) is 6.92 Å². The van der Waals surface area contributed by atoms with Crippen molar-refractivity contribution in [2.45, 2.75) is 20.3 Å². The molecule has 1 N–H and O–H groups in total. The zero-order valence-electron chi connectivity index (χ0n) is 8.18. The van der Waals surface area contributed by atoms with E-state index in [0.717, 1.165) is 31.0 Å². The van der Waals surface area contributed by atoms with Crippen LogP contribution in [0.3, 0.4) is 0 Å². The lowest BCUT2D eigenvalue weighted by molar-refractivity contribution is 0.321. The maximum atomic E-state index is 5.59. The van der Waals surface area contributed by atoms with Crippen molar-refractivity contribution < 1.29 is 4.74 Å². The normalized spacial score (nSPS) is 14.3. The maximum Gasteiger partial charge on any atom is 0.145 e. The summed E-state index contributed by atoms with van der Waals surface area (Å²) in [7, 11) is 0. The monoisotopic (exact) mass is 177 g/mol. The quantitative estimate of drug-likeness (QED) is 0.711. The van der Waals surface area contributed by atoms with Crippen LogP contribution in [0.5, 0.6) is 5.75 Å². The summed E-state index contributed by atoms with van der Waals surface area (Å²) in [5, 5.41) is 3.35. The predicted molar refractivity (Wildman–Crippen MR) is 54.5 cm³/mol. The van der Waals surface area contributed by atoms with Gasteiger partial charge in [-0.15, -0.1) is 0 Å². The molecule has 0 aromatic heterocycles. The topological polar surface area (TPSA) is 21.3 Å². The minimum atomic E-state index is 0.777. The zero-order valence-corrected chi connectivity index (χ0v) is 8.18. The van der Waals surface area contributed by atoms with E-state index in [0.29, 0.717) is 0 Å². The number of fused-ring (bicyclic) bond motifs is 1. The highest BCUT2D eigenvalue weighted by molar-refractivity contribution is 5.62. The van der Waals surface area contributed by atoms with Crippen molar-refractivity contribution in [3.63, 3.8) is 0 Å². The van der Waals surface area contributed by atoms with Crippen molar-refractivity contribution in [2.75, 3.05) is 18.5 Å². The van der Waals surface area contributed by atoms with Gasteiger partial charge in [-0.3, -0.25) is 0 Å². The summed E-state index contributed by atoms with van der Waals surface area (Å²) in [6.07, 6.45) is 1.08. The molecule has 2 nitrogen and oxygen atoms in total. The summed E-state index contributed by atoms with van der Waals surface area (Å²) in [5.74, 6) is 1.03. The van der Waals surface area contributed by atoms with E-state index in [4.69, 9.17) is 4.74 Å². The van der Waals surface area contributed by atoms with Gasteiger partial charge in [-0.1, -0.05) is 13.0 Å². The molecule has 13 heavy (non-hydrogen) atoms. The summed E-state index contributed by atoms with van der Waals surface area (Å²) < 4.78 is 5.59. The third-order valence-corrected chi connectivity index (χ3v) is 2.41. The van der Waals surface area contributed by atoms with Gasteiger partial charge in [0.2, 0.25) is 0 Å². The molecule has 0 amide bonds. The number of hydrogen-bond donors (Lipinski definition) is 1. The van der Waals surface area contributed by atoms with Crippen LogP contribution in [-0.2, 0) is 6.42 Å². The minimum absolute atomic E-state index is 0.777. The Morgan fingerprint density at radius 3 is 3.08 bits per heavy atom. The molecule has 1 aliphatic heterocycles. The number of aryl methyl sites for hydroxylation is 2. The van der Waals surface area contributed by atoms with Gasteiger partial charge in [-0.05, 0) is 30.5 Å². The van der Waals surface area contributed by atoms with Gasteiger partial charge in [0.05, 0.1) is 5.69 Å². The number of nitrogens with one attached hydrogen (secondary N) is 1. The molecule has 1 aliphatic rings. The predicted octanol–water partition coefficient (Wildman–Crippen LogP) is 2.36. The molecule has 1 heterocycles. The number of benzene rings is 1. The number of ether oxygens (including phenoxy) is 1. The van der Waals surface area contributed by atoms with E-state index in [1.54, 1.807) is 0 Å². The highest BCUT2D eigenvalue weighted by atomic mass is 16.5. The lowest BCUT2D eigenvalue weighted by Gasteiger charge is -2.21. The molecular weight excluding hydrogens is 162 g/mol. The molecule has 0 spiro atoms. The first-order chi connectivity index (χ1) is 6.31. The van der Waals surface area contributed by atoms with Crippen LogP contribution in [0.1, 0.15) is 18.1 Å². The average Bonchev–Trinajstić information content (AvgIpc) is 2.18. The SMILES string of the molecule is CCc1cc(C)c2c(c1)NCCO2. The van der Waals surface area contributed by atoms with E-state index >= 15 is 0 Å². The Labute approximate surface area is 78.9 Å². The first kappa shape index (κ1) is 8.42. The third kappa shape index (κ3) is 1.48. The van der Waals surface area contributed by atoms with Crippen LogP contribution in [0.4, 0.5) is 5.69 Å². The van der Waals surface area contributed by atoms with Gasteiger partial charge < -0.3 is 10.1 Å². The van der Waals surface area contributed by atoms with Gasteiger partial charge in [-0.2, -0.15) is 0 Å². The van der Waals surface area contributed by atoms with Crippen LogP contribution >= 0.6 is 0 Å². The van der Waals surface area contributed by atoms with Crippen LogP contribution in [0.15, 0.2) is 12.1 Å².